The standard InChI is InChI=1S/C21H18FN5OS/c1-13-3-6-16(9-14(13)2)26-19(28)11-29-21-18-10-25-27(20(18)23-12-24-21)17-7-4-15(22)5-8-17/h3-10,12H,11H2,1-2H3,(H,26,28). The lowest BCUT2D eigenvalue weighted by Crippen LogP contribution is -2.14. The van der Waals surface area contributed by atoms with Crippen LogP contribution in [0.2, 0.25) is 0 Å². The molecule has 0 saturated heterocycles. The van der Waals surface area contributed by atoms with Crippen molar-refractivity contribution in [1.29, 1.82) is 0 Å². The highest BCUT2D eigenvalue weighted by atomic mass is 32.2. The lowest BCUT2D eigenvalue weighted by Gasteiger charge is -2.08. The Hall–Kier alpha value is -3.26. The summed E-state index contributed by atoms with van der Waals surface area (Å²) in [5.41, 5.74) is 4.38. The molecule has 0 aliphatic rings. The van der Waals surface area contributed by atoms with Gasteiger partial charge >= 0.3 is 0 Å². The molecule has 0 atom stereocenters. The first kappa shape index (κ1) is 19.1. The van der Waals surface area contributed by atoms with Gasteiger partial charge in [0.15, 0.2) is 5.65 Å². The van der Waals surface area contributed by atoms with Gasteiger partial charge in [-0.3, -0.25) is 4.79 Å². The predicted molar refractivity (Wildman–Crippen MR) is 112 cm³/mol. The number of halogens is 1. The number of aromatic nitrogens is 4. The van der Waals surface area contributed by atoms with Crippen LogP contribution in [0.3, 0.4) is 0 Å². The van der Waals surface area contributed by atoms with Crippen LogP contribution in [-0.2, 0) is 4.79 Å². The van der Waals surface area contributed by atoms with Crippen molar-refractivity contribution in [3.63, 3.8) is 0 Å². The summed E-state index contributed by atoms with van der Waals surface area (Å²) in [6.07, 6.45) is 3.09. The number of amides is 1. The first-order valence-corrected chi connectivity index (χ1v) is 9.94. The topological polar surface area (TPSA) is 72.7 Å². The number of nitrogens with zero attached hydrogens (tertiary/aromatic N) is 4. The number of benzene rings is 2. The number of nitrogens with one attached hydrogen (secondary N) is 1. The summed E-state index contributed by atoms with van der Waals surface area (Å²) < 4.78 is 14.8. The van der Waals surface area contributed by atoms with E-state index in [1.54, 1.807) is 23.0 Å². The first-order chi connectivity index (χ1) is 14.0. The Labute approximate surface area is 171 Å². The quantitative estimate of drug-likeness (QED) is 0.394. The number of thioether (sulfide) groups is 1. The highest BCUT2D eigenvalue weighted by molar-refractivity contribution is 8.00. The highest BCUT2D eigenvalue weighted by Crippen LogP contribution is 2.26. The molecule has 1 amide bonds. The average molecular weight is 407 g/mol. The Kier molecular flexibility index (Phi) is 5.26. The Morgan fingerprint density at radius 3 is 2.66 bits per heavy atom. The number of hydrogen-bond donors (Lipinski definition) is 1. The number of rotatable bonds is 5. The van der Waals surface area contributed by atoms with E-state index in [-0.39, 0.29) is 17.5 Å². The molecule has 0 aliphatic carbocycles. The van der Waals surface area contributed by atoms with Crippen LogP contribution < -0.4 is 5.32 Å². The third kappa shape index (κ3) is 4.12. The maximum absolute atomic E-state index is 13.2. The van der Waals surface area contributed by atoms with Gasteiger partial charge in [0.2, 0.25) is 5.91 Å². The molecule has 2 aromatic carbocycles. The minimum atomic E-state index is -0.314. The fourth-order valence-corrected chi connectivity index (χ4v) is 3.62. The van der Waals surface area contributed by atoms with Gasteiger partial charge in [0, 0.05) is 5.69 Å². The van der Waals surface area contributed by atoms with Crippen LogP contribution in [0, 0.1) is 19.7 Å². The van der Waals surface area contributed by atoms with Crippen molar-refractivity contribution in [2.75, 3.05) is 11.1 Å². The van der Waals surface area contributed by atoms with E-state index in [4.69, 9.17) is 0 Å². The second kappa shape index (κ2) is 8.00. The van der Waals surface area contributed by atoms with Crippen molar-refractivity contribution in [1.82, 2.24) is 19.7 Å². The predicted octanol–water partition coefficient (Wildman–Crippen LogP) is 4.30. The highest BCUT2D eigenvalue weighted by Gasteiger charge is 2.13. The van der Waals surface area contributed by atoms with Gasteiger partial charge in [-0.2, -0.15) is 5.10 Å². The fraction of sp³-hybridized carbons (Fsp3) is 0.143. The van der Waals surface area contributed by atoms with Crippen LogP contribution in [0.5, 0.6) is 0 Å². The van der Waals surface area contributed by atoms with Gasteiger partial charge < -0.3 is 5.32 Å². The van der Waals surface area contributed by atoms with E-state index in [1.807, 2.05) is 32.0 Å². The second-order valence-corrected chi connectivity index (χ2v) is 7.55. The van der Waals surface area contributed by atoms with Gasteiger partial charge in [-0.25, -0.2) is 19.0 Å². The molecule has 4 rings (SSSR count). The Morgan fingerprint density at radius 2 is 1.90 bits per heavy atom. The molecule has 8 heteroatoms. The van der Waals surface area contributed by atoms with E-state index in [2.05, 4.69) is 20.4 Å². The minimum Gasteiger partial charge on any atom is -0.325 e. The van der Waals surface area contributed by atoms with Crippen LogP contribution in [0.1, 0.15) is 11.1 Å². The van der Waals surface area contributed by atoms with E-state index in [0.717, 1.165) is 16.6 Å². The zero-order valence-electron chi connectivity index (χ0n) is 15.9. The monoisotopic (exact) mass is 407 g/mol. The fourth-order valence-electron chi connectivity index (χ4n) is 2.86. The summed E-state index contributed by atoms with van der Waals surface area (Å²) in [7, 11) is 0. The summed E-state index contributed by atoms with van der Waals surface area (Å²) in [6.45, 7) is 4.04. The lowest BCUT2D eigenvalue weighted by molar-refractivity contribution is -0.113. The van der Waals surface area contributed by atoms with E-state index >= 15 is 0 Å². The molecule has 0 aliphatic heterocycles. The first-order valence-electron chi connectivity index (χ1n) is 8.96. The van der Waals surface area contributed by atoms with Gasteiger partial charge in [-0.15, -0.1) is 0 Å². The number of carbonyl (C=O) groups is 1. The minimum absolute atomic E-state index is 0.115. The number of anilines is 1. The number of hydrogen-bond acceptors (Lipinski definition) is 5. The summed E-state index contributed by atoms with van der Waals surface area (Å²) in [6, 6.07) is 11.8. The SMILES string of the molecule is Cc1ccc(NC(=O)CSc2ncnc3c2cnn3-c2ccc(F)cc2)cc1C. The van der Waals surface area contributed by atoms with E-state index in [0.29, 0.717) is 16.4 Å². The molecule has 2 aromatic heterocycles. The van der Waals surface area contributed by atoms with E-state index < -0.39 is 0 Å². The molecule has 0 spiro atoms. The molecule has 146 valence electrons. The normalized spacial score (nSPS) is 11.0. The van der Waals surface area contributed by atoms with Crippen molar-refractivity contribution >= 4 is 34.4 Å². The Balaban J connectivity index is 1.50. The van der Waals surface area contributed by atoms with E-state index in [1.165, 1.54) is 35.8 Å². The average Bonchev–Trinajstić information content (AvgIpc) is 3.14. The molecule has 0 radical (unpaired) electrons. The molecule has 29 heavy (non-hydrogen) atoms. The Bertz CT molecular complexity index is 1190. The van der Waals surface area contributed by atoms with Gasteiger partial charge in [-0.05, 0) is 61.4 Å². The maximum Gasteiger partial charge on any atom is 0.234 e. The lowest BCUT2D eigenvalue weighted by atomic mass is 10.1. The third-order valence-corrected chi connectivity index (χ3v) is 5.54. The molecule has 6 nitrogen and oxygen atoms in total. The summed E-state index contributed by atoms with van der Waals surface area (Å²) >= 11 is 1.32. The molecular formula is C21H18FN5OS. The molecule has 4 aromatic rings. The second-order valence-electron chi connectivity index (χ2n) is 6.58. The van der Waals surface area contributed by atoms with Crippen LogP contribution in [0.4, 0.5) is 10.1 Å². The Morgan fingerprint density at radius 1 is 1.10 bits per heavy atom. The van der Waals surface area contributed by atoms with Crippen LogP contribution >= 0.6 is 11.8 Å². The van der Waals surface area contributed by atoms with Crippen molar-refractivity contribution in [2.24, 2.45) is 0 Å². The molecule has 0 unspecified atom stereocenters. The molecule has 1 N–H and O–H groups in total. The van der Waals surface area contributed by atoms with Crippen LogP contribution in [0.15, 0.2) is 60.0 Å². The smallest absolute Gasteiger partial charge is 0.234 e. The zero-order chi connectivity index (χ0) is 20.4. The van der Waals surface area contributed by atoms with Gasteiger partial charge in [0.05, 0.1) is 23.0 Å². The van der Waals surface area contributed by atoms with Crippen molar-refractivity contribution in [2.45, 2.75) is 18.9 Å². The van der Waals surface area contributed by atoms with Gasteiger partial charge in [-0.1, -0.05) is 17.8 Å². The van der Waals surface area contributed by atoms with Crippen molar-refractivity contribution in [3.8, 4) is 5.69 Å². The third-order valence-electron chi connectivity index (χ3n) is 4.53. The molecule has 2 heterocycles. The van der Waals surface area contributed by atoms with Gasteiger partial charge in [0.1, 0.15) is 17.2 Å². The summed E-state index contributed by atoms with van der Waals surface area (Å²) in [5.74, 6) is -0.220. The van der Waals surface area contributed by atoms with Crippen molar-refractivity contribution in [3.05, 3.63) is 71.9 Å². The van der Waals surface area contributed by atoms with Gasteiger partial charge in [0.25, 0.3) is 0 Å². The van der Waals surface area contributed by atoms with Crippen LogP contribution in [0.25, 0.3) is 16.7 Å². The number of aryl methyl sites for hydroxylation is 2. The maximum atomic E-state index is 13.2. The molecule has 0 fully saturated rings. The van der Waals surface area contributed by atoms with Crippen molar-refractivity contribution < 1.29 is 9.18 Å². The largest absolute Gasteiger partial charge is 0.325 e. The number of carbonyl (C=O) groups excluding carboxylic acids is 1. The van der Waals surface area contributed by atoms with E-state index in [9.17, 15) is 9.18 Å². The summed E-state index contributed by atoms with van der Waals surface area (Å²) in [4.78, 5) is 20.9. The molecule has 0 bridgehead atoms. The zero-order valence-corrected chi connectivity index (χ0v) is 16.7. The molecule has 0 saturated carbocycles. The molecular weight excluding hydrogens is 389 g/mol. The number of fused-ring (bicyclic) bond motifs is 1. The van der Waals surface area contributed by atoms with Crippen LogP contribution in [-0.4, -0.2) is 31.4 Å². The summed E-state index contributed by atoms with van der Waals surface area (Å²) in [5, 5.41) is 8.65.